The van der Waals surface area contributed by atoms with Gasteiger partial charge in [-0.2, -0.15) is 0 Å². The molecule has 0 aliphatic carbocycles. The molecule has 0 atom stereocenters. The predicted molar refractivity (Wildman–Crippen MR) is 68.8 cm³/mol. The number of rotatable bonds is 4. The zero-order valence-electron chi connectivity index (χ0n) is 10.0. The third-order valence-corrected chi connectivity index (χ3v) is 2.55. The zero-order valence-corrected chi connectivity index (χ0v) is 10.0. The summed E-state index contributed by atoms with van der Waals surface area (Å²) in [6.07, 6.45) is 1.66. The fourth-order valence-corrected chi connectivity index (χ4v) is 1.54. The van der Waals surface area contributed by atoms with Gasteiger partial charge in [0.2, 0.25) is 0 Å². The number of hydrogen-bond acceptors (Lipinski definition) is 3. The molecule has 0 aliphatic rings. The van der Waals surface area contributed by atoms with Crippen molar-refractivity contribution in [3.8, 4) is 0 Å². The number of aromatic nitrogens is 1. The van der Waals surface area contributed by atoms with Crippen molar-refractivity contribution in [3.63, 3.8) is 0 Å². The van der Waals surface area contributed by atoms with Crippen molar-refractivity contribution in [1.82, 2.24) is 10.3 Å². The summed E-state index contributed by atoms with van der Waals surface area (Å²) in [7, 11) is 0. The van der Waals surface area contributed by atoms with Crippen molar-refractivity contribution in [2.45, 2.75) is 6.54 Å². The normalized spacial score (nSPS) is 9.89. The number of benzene rings is 1. The Morgan fingerprint density at radius 2 is 1.74 bits per heavy atom. The molecule has 1 aromatic heterocycles. The molecule has 2 N–H and O–H groups in total. The number of nitrogens with zero attached hydrogens (tertiary/aromatic N) is 1. The van der Waals surface area contributed by atoms with E-state index in [9.17, 15) is 9.59 Å². The SMILES string of the molecule is O=C(O)c1ccc(C(=O)NCc2ccccn2)cc1. The number of pyridine rings is 1. The Bertz CT molecular complexity index is 579. The van der Waals surface area contributed by atoms with Crippen LogP contribution in [0.5, 0.6) is 0 Å². The molecule has 0 radical (unpaired) electrons. The first-order valence-electron chi connectivity index (χ1n) is 5.68. The largest absolute Gasteiger partial charge is 0.478 e. The minimum atomic E-state index is -1.01. The van der Waals surface area contributed by atoms with Crippen molar-refractivity contribution in [2.75, 3.05) is 0 Å². The molecule has 0 spiro atoms. The number of carbonyl (C=O) groups excluding carboxylic acids is 1. The van der Waals surface area contributed by atoms with Crippen LogP contribution < -0.4 is 5.32 Å². The highest BCUT2D eigenvalue weighted by atomic mass is 16.4. The molecule has 1 aromatic carbocycles. The first-order valence-corrected chi connectivity index (χ1v) is 5.68. The summed E-state index contributed by atoms with van der Waals surface area (Å²) >= 11 is 0. The minimum Gasteiger partial charge on any atom is -0.478 e. The van der Waals surface area contributed by atoms with Gasteiger partial charge in [0, 0.05) is 11.8 Å². The lowest BCUT2D eigenvalue weighted by molar-refractivity contribution is 0.0696. The van der Waals surface area contributed by atoms with Crippen LogP contribution in [-0.2, 0) is 6.54 Å². The molecule has 0 bridgehead atoms. The minimum absolute atomic E-state index is 0.154. The number of amides is 1. The molecule has 2 rings (SSSR count). The molecule has 0 fully saturated rings. The Kier molecular flexibility index (Phi) is 3.87. The van der Waals surface area contributed by atoms with E-state index in [0.29, 0.717) is 12.1 Å². The number of carboxylic acid groups (broad SMARTS) is 1. The van der Waals surface area contributed by atoms with Crippen LogP contribution in [-0.4, -0.2) is 22.0 Å². The summed E-state index contributed by atoms with van der Waals surface area (Å²) in [5, 5.41) is 11.5. The average Bonchev–Trinajstić information content (AvgIpc) is 2.46. The smallest absolute Gasteiger partial charge is 0.335 e. The lowest BCUT2D eigenvalue weighted by Gasteiger charge is -2.05. The van der Waals surface area contributed by atoms with E-state index < -0.39 is 5.97 Å². The van der Waals surface area contributed by atoms with Crippen LogP contribution in [0.3, 0.4) is 0 Å². The molecule has 1 heterocycles. The van der Waals surface area contributed by atoms with Crippen LogP contribution in [0.2, 0.25) is 0 Å². The van der Waals surface area contributed by atoms with E-state index >= 15 is 0 Å². The fourth-order valence-electron chi connectivity index (χ4n) is 1.54. The molecule has 5 nitrogen and oxygen atoms in total. The molecular formula is C14H12N2O3. The van der Waals surface area contributed by atoms with E-state index in [0.717, 1.165) is 5.69 Å². The highest BCUT2D eigenvalue weighted by molar-refractivity contribution is 5.95. The van der Waals surface area contributed by atoms with Gasteiger partial charge >= 0.3 is 5.97 Å². The van der Waals surface area contributed by atoms with Crippen LogP contribution in [0.1, 0.15) is 26.4 Å². The monoisotopic (exact) mass is 256 g/mol. The third-order valence-electron chi connectivity index (χ3n) is 2.55. The second-order valence-electron chi connectivity index (χ2n) is 3.89. The molecule has 19 heavy (non-hydrogen) atoms. The van der Waals surface area contributed by atoms with Crippen molar-refractivity contribution in [1.29, 1.82) is 0 Å². The maximum atomic E-state index is 11.8. The maximum absolute atomic E-state index is 11.8. The van der Waals surface area contributed by atoms with Gasteiger partial charge in [-0.15, -0.1) is 0 Å². The summed E-state index contributed by atoms with van der Waals surface area (Å²) in [5.74, 6) is -1.27. The Morgan fingerprint density at radius 3 is 2.32 bits per heavy atom. The predicted octanol–water partition coefficient (Wildman–Crippen LogP) is 1.71. The number of carbonyl (C=O) groups is 2. The molecular weight excluding hydrogens is 244 g/mol. The van der Waals surface area contributed by atoms with E-state index in [1.54, 1.807) is 12.3 Å². The quantitative estimate of drug-likeness (QED) is 0.872. The van der Waals surface area contributed by atoms with Crippen molar-refractivity contribution >= 4 is 11.9 Å². The van der Waals surface area contributed by atoms with Crippen LogP contribution in [0.25, 0.3) is 0 Å². The van der Waals surface area contributed by atoms with Gasteiger partial charge in [-0.3, -0.25) is 9.78 Å². The van der Waals surface area contributed by atoms with Gasteiger partial charge in [-0.05, 0) is 36.4 Å². The van der Waals surface area contributed by atoms with E-state index in [1.807, 2.05) is 12.1 Å². The van der Waals surface area contributed by atoms with Crippen LogP contribution >= 0.6 is 0 Å². The van der Waals surface area contributed by atoms with Gasteiger partial charge in [-0.25, -0.2) is 4.79 Å². The second kappa shape index (κ2) is 5.77. The standard InChI is InChI=1S/C14H12N2O3/c17-13(16-9-12-3-1-2-8-15-12)10-4-6-11(7-5-10)14(18)19/h1-8H,9H2,(H,16,17)(H,18,19). The molecule has 0 unspecified atom stereocenters. The van der Waals surface area contributed by atoms with E-state index in [-0.39, 0.29) is 11.5 Å². The van der Waals surface area contributed by atoms with Gasteiger partial charge in [0.15, 0.2) is 0 Å². The second-order valence-corrected chi connectivity index (χ2v) is 3.89. The number of hydrogen-bond donors (Lipinski definition) is 2. The number of nitrogens with one attached hydrogen (secondary N) is 1. The topological polar surface area (TPSA) is 79.3 Å². The molecule has 5 heteroatoms. The molecule has 96 valence electrons. The van der Waals surface area contributed by atoms with Gasteiger partial charge in [0.05, 0.1) is 17.8 Å². The van der Waals surface area contributed by atoms with E-state index in [1.165, 1.54) is 24.3 Å². The summed E-state index contributed by atoms with van der Waals surface area (Å²) in [6, 6.07) is 11.2. The third kappa shape index (κ3) is 3.38. The lowest BCUT2D eigenvalue weighted by Crippen LogP contribution is -2.23. The Balaban J connectivity index is 1.98. The molecule has 2 aromatic rings. The lowest BCUT2D eigenvalue weighted by atomic mass is 10.1. The zero-order chi connectivity index (χ0) is 13.7. The van der Waals surface area contributed by atoms with Crippen molar-refractivity contribution < 1.29 is 14.7 Å². The Hall–Kier alpha value is -2.69. The molecule has 0 aliphatic heterocycles. The highest BCUT2D eigenvalue weighted by Gasteiger charge is 2.07. The summed E-state index contributed by atoms with van der Waals surface area (Å²) in [6.45, 7) is 0.334. The highest BCUT2D eigenvalue weighted by Crippen LogP contribution is 2.04. The van der Waals surface area contributed by atoms with Crippen LogP contribution in [0, 0.1) is 0 Å². The van der Waals surface area contributed by atoms with Crippen molar-refractivity contribution in [2.24, 2.45) is 0 Å². The van der Waals surface area contributed by atoms with E-state index in [2.05, 4.69) is 10.3 Å². The Morgan fingerprint density at radius 1 is 1.05 bits per heavy atom. The van der Waals surface area contributed by atoms with Gasteiger partial charge in [0.1, 0.15) is 0 Å². The van der Waals surface area contributed by atoms with Crippen LogP contribution in [0.4, 0.5) is 0 Å². The van der Waals surface area contributed by atoms with Gasteiger partial charge in [-0.1, -0.05) is 6.07 Å². The molecule has 1 amide bonds. The molecule has 0 saturated heterocycles. The first-order chi connectivity index (χ1) is 9.16. The Labute approximate surface area is 109 Å². The van der Waals surface area contributed by atoms with Gasteiger partial charge in [0.25, 0.3) is 5.91 Å². The molecule has 0 saturated carbocycles. The van der Waals surface area contributed by atoms with Crippen LogP contribution in [0.15, 0.2) is 48.7 Å². The maximum Gasteiger partial charge on any atom is 0.335 e. The summed E-state index contributed by atoms with van der Waals surface area (Å²) < 4.78 is 0. The summed E-state index contributed by atoms with van der Waals surface area (Å²) in [4.78, 5) is 26.6. The van der Waals surface area contributed by atoms with Gasteiger partial charge < -0.3 is 10.4 Å². The number of carboxylic acids is 1. The van der Waals surface area contributed by atoms with Crippen molar-refractivity contribution in [3.05, 3.63) is 65.5 Å². The first kappa shape index (κ1) is 12.8. The van der Waals surface area contributed by atoms with E-state index in [4.69, 9.17) is 5.11 Å². The average molecular weight is 256 g/mol. The number of aromatic carboxylic acids is 1. The fraction of sp³-hybridized carbons (Fsp3) is 0.0714. The summed E-state index contributed by atoms with van der Waals surface area (Å²) in [5.41, 5.74) is 1.33.